The molecule has 0 aromatic carbocycles. The van der Waals surface area contributed by atoms with E-state index in [0.717, 1.165) is 55.7 Å². The van der Waals surface area contributed by atoms with Crippen LogP contribution in [0.5, 0.6) is 0 Å². The zero-order chi connectivity index (χ0) is 32.4. The van der Waals surface area contributed by atoms with Crippen molar-refractivity contribution in [2.24, 2.45) is 40.4 Å². The molecule has 6 rings (SSSR count). The lowest BCUT2D eigenvalue weighted by molar-refractivity contribution is -0.155. The lowest BCUT2D eigenvalue weighted by Crippen LogP contribution is -2.63. The standard InChI is InChI=1S/C38H60O6Si/c1-8-9-10-11-12-13-20-45(6,7)42-23-27-24(2)21-31(43-35(27)41)25(3)28-14-15-29-26-22-34-38(44-34)33(40)17-16-32(39)37(38,5)30(26)18-19-36(28,29)4/h16-17,25-26,28-31,33-34,40H,8-15,18-23H2,1-7H3/t25-,26-,28+,29-,30-,31+,33-,34+,36+,37-,38+/m0/s1. The van der Waals surface area contributed by atoms with Gasteiger partial charge in [0.05, 0.1) is 23.7 Å². The SMILES string of the molecule is CCCCCCCC[Si](C)(C)OCC1=C(C)C[C@H]([C@@H](C)[C@H]2CC[C@H]3[C@@H]4C[C@H]5O[C@]56[C@@H](O)C=CC(=O)[C@]6(C)[C@H]4CC[C@]23C)OC1=O. The third kappa shape index (κ3) is 5.48. The van der Waals surface area contributed by atoms with E-state index in [2.05, 4.69) is 47.7 Å². The number of unbranched alkanes of at least 4 members (excludes halogenated alkanes) is 5. The van der Waals surface area contributed by atoms with Gasteiger partial charge in [-0.3, -0.25) is 4.79 Å². The zero-order valence-electron chi connectivity index (χ0n) is 29.2. The predicted molar refractivity (Wildman–Crippen MR) is 179 cm³/mol. The quantitative estimate of drug-likeness (QED) is 0.101. The summed E-state index contributed by atoms with van der Waals surface area (Å²) in [5.41, 5.74) is 0.672. The lowest BCUT2D eigenvalue weighted by atomic mass is 9.44. The van der Waals surface area contributed by atoms with E-state index < -0.39 is 25.4 Å². The number of carbonyl (C=O) groups excluding carboxylic acids is 2. The third-order valence-corrected chi connectivity index (χ3v) is 16.7. The van der Waals surface area contributed by atoms with Crippen molar-refractivity contribution < 1.29 is 28.6 Å². The molecule has 0 aromatic rings. The summed E-state index contributed by atoms with van der Waals surface area (Å²) < 4.78 is 19.0. The van der Waals surface area contributed by atoms with E-state index in [1.807, 2.05) is 0 Å². The molecule has 2 heterocycles. The van der Waals surface area contributed by atoms with E-state index in [9.17, 15) is 14.7 Å². The van der Waals surface area contributed by atoms with Crippen LogP contribution in [0.1, 0.15) is 112 Å². The highest BCUT2D eigenvalue weighted by atomic mass is 28.4. The van der Waals surface area contributed by atoms with Gasteiger partial charge in [-0.05, 0) is 112 Å². The fourth-order valence-corrected chi connectivity index (χ4v) is 13.1. The Bertz CT molecular complexity index is 1220. The number of esters is 1. The second-order valence-corrected chi connectivity index (χ2v) is 21.3. The Labute approximate surface area is 273 Å². The average Bonchev–Trinajstić information content (AvgIpc) is 3.63. The molecule has 0 bridgehead atoms. The van der Waals surface area contributed by atoms with Crippen molar-refractivity contribution in [2.75, 3.05) is 6.61 Å². The summed E-state index contributed by atoms with van der Waals surface area (Å²) in [6.07, 6.45) is 16.3. The number of allylic oxidation sites excluding steroid dienone is 1. The van der Waals surface area contributed by atoms with Crippen LogP contribution in [0.25, 0.3) is 0 Å². The highest BCUT2D eigenvalue weighted by Gasteiger charge is 2.80. The van der Waals surface area contributed by atoms with Crippen LogP contribution >= 0.6 is 0 Å². The molecule has 0 aromatic heterocycles. The fraction of sp³-hybridized carbons (Fsp3) is 0.842. The van der Waals surface area contributed by atoms with Crippen LogP contribution in [0.4, 0.5) is 0 Å². The minimum Gasteiger partial charge on any atom is -0.458 e. The van der Waals surface area contributed by atoms with Crippen LogP contribution in [-0.2, 0) is 23.5 Å². The Kier molecular flexibility index (Phi) is 9.19. The van der Waals surface area contributed by atoms with Gasteiger partial charge in [0.2, 0.25) is 0 Å². The Morgan fingerprint density at radius 1 is 1.07 bits per heavy atom. The normalized spacial score (nSPS) is 42.9. The van der Waals surface area contributed by atoms with Gasteiger partial charge >= 0.3 is 5.97 Å². The molecule has 4 aliphatic carbocycles. The first-order valence-electron chi connectivity index (χ1n) is 18.4. The molecule has 1 spiro atoms. The second kappa shape index (κ2) is 12.3. The summed E-state index contributed by atoms with van der Waals surface area (Å²) in [7, 11) is -1.84. The summed E-state index contributed by atoms with van der Waals surface area (Å²) in [4.78, 5) is 26.9. The van der Waals surface area contributed by atoms with E-state index in [1.165, 1.54) is 38.5 Å². The molecule has 11 atom stereocenters. The smallest absolute Gasteiger partial charge is 0.336 e. The maximum atomic E-state index is 13.5. The van der Waals surface area contributed by atoms with Gasteiger partial charge < -0.3 is 19.0 Å². The van der Waals surface area contributed by atoms with Crippen LogP contribution in [0.15, 0.2) is 23.3 Å². The predicted octanol–water partition coefficient (Wildman–Crippen LogP) is 7.94. The Balaban J connectivity index is 1.08. The molecule has 4 fully saturated rings. The fourth-order valence-electron chi connectivity index (χ4n) is 11.3. The summed E-state index contributed by atoms with van der Waals surface area (Å²) in [5, 5.41) is 11.0. The zero-order valence-corrected chi connectivity index (χ0v) is 30.2. The van der Waals surface area contributed by atoms with E-state index in [0.29, 0.717) is 24.4 Å². The number of ketones is 1. The maximum Gasteiger partial charge on any atom is 0.336 e. The van der Waals surface area contributed by atoms with E-state index >= 15 is 0 Å². The topological polar surface area (TPSA) is 85.4 Å². The summed E-state index contributed by atoms with van der Waals surface area (Å²) in [6.45, 7) is 16.2. The molecule has 6 aliphatic rings. The number of rotatable bonds is 12. The van der Waals surface area contributed by atoms with Crippen LogP contribution in [0.3, 0.4) is 0 Å². The van der Waals surface area contributed by atoms with Gasteiger partial charge in [0.1, 0.15) is 17.8 Å². The van der Waals surface area contributed by atoms with Crippen molar-refractivity contribution in [2.45, 2.75) is 155 Å². The summed E-state index contributed by atoms with van der Waals surface area (Å²) >= 11 is 0. The number of hydrogen-bond acceptors (Lipinski definition) is 6. The molecule has 2 aliphatic heterocycles. The number of carbonyl (C=O) groups is 2. The van der Waals surface area contributed by atoms with Gasteiger partial charge in [-0.2, -0.15) is 0 Å². The number of aliphatic hydroxyl groups is 1. The minimum atomic E-state index is -1.84. The van der Waals surface area contributed by atoms with Crippen molar-refractivity contribution >= 4 is 20.1 Å². The molecule has 3 saturated carbocycles. The summed E-state index contributed by atoms with van der Waals surface area (Å²) in [6, 6.07) is 1.14. The van der Waals surface area contributed by atoms with Crippen molar-refractivity contribution in [3.05, 3.63) is 23.3 Å². The number of hydrogen-bond donors (Lipinski definition) is 1. The Morgan fingerprint density at radius 2 is 1.80 bits per heavy atom. The molecular weight excluding hydrogens is 580 g/mol. The van der Waals surface area contributed by atoms with Crippen molar-refractivity contribution in [3.63, 3.8) is 0 Å². The Hall–Kier alpha value is -1.28. The first kappa shape index (κ1) is 33.6. The number of epoxide rings is 1. The van der Waals surface area contributed by atoms with Gasteiger partial charge in [-0.25, -0.2) is 4.79 Å². The molecule has 1 saturated heterocycles. The lowest BCUT2D eigenvalue weighted by Gasteiger charge is -2.58. The molecule has 45 heavy (non-hydrogen) atoms. The minimum absolute atomic E-state index is 0.0296. The third-order valence-electron chi connectivity index (χ3n) is 14.2. The molecule has 7 heteroatoms. The van der Waals surface area contributed by atoms with E-state index in [-0.39, 0.29) is 41.2 Å². The Morgan fingerprint density at radius 3 is 2.53 bits per heavy atom. The monoisotopic (exact) mass is 640 g/mol. The highest BCUT2D eigenvalue weighted by molar-refractivity contribution is 6.71. The van der Waals surface area contributed by atoms with E-state index in [1.54, 1.807) is 12.2 Å². The molecule has 252 valence electrons. The number of ether oxygens (including phenoxy) is 2. The van der Waals surface area contributed by atoms with Crippen LogP contribution < -0.4 is 0 Å². The van der Waals surface area contributed by atoms with Crippen LogP contribution in [-0.4, -0.2) is 55.7 Å². The highest BCUT2D eigenvalue weighted by Crippen LogP contribution is 2.73. The number of cyclic esters (lactones) is 1. The first-order valence-corrected chi connectivity index (χ1v) is 21.5. The number of fused-ring (bicyclic) bond motifs is 4. The second-order valence-electron chi connectivity index (χ2n) is 16.9. The number of aliphatic hydroxyl groups excluding tert-OH is 1. The van der Waals surface area contributed by atoms with Crippen molar-refractivity contribution in [1.29, 1.82) is 0 Å². The van der Waals surface area contributed by atoms with Crippen molar-refractivity contribution in [1.82, 2.24) is 0 Å². The van der Waals surface area contributed by atoms with Crippen LogP contribution in [0, 0.1) is 40.4 Å². The van der Waals surface area contributed by atoms with Gasteiger partial charge in [-0.15, -0.1) is 0 Å². The average molecular weight is 641 g/mol. The summed E-state index contributed by atoms with van der Waals surface area (Å²) in [5.74, 6) is 1.91. The maximum absolute atomic E-state index is 13.5. The van der Waals surface area contributed by atoms with Gasteiger partial charge in [0.15, 0.2) is 14.1 Å². The molecule has 0 amide bonds. The largest absolute Gasteiger partial charge is 0.458 e. The molecule has 1 N–H and O–H groups in total. The molecule has 6 nitrogen and oxygen atoms in total. The first-order chi connectivity index (χ1) is 21.3. The molecule has 0 radical (unpaired) electrons. The van der Waals surface area contributed by atoms with Gasteiger partial charge in [0.25, 0.3) is 0 Å². The van der Waals surface area contributed by atoms with Crippen molar-refractivity contribution in [3.8, 4) is 0 Å². The van der Waals surface area contributed by atoms with Gasteiger partial charge in [0, 0.05) is 6.42 Å². The van der Waals surface area contributed by atoms with E-state index in [4.69, 9.17) is 13.9 Å². The van der Waals surface area contributed by atoms with Gasteiger partial charge in [-0.1, -0.05) is 64.9 Å². The molecular formula is C38H60O6Si. The van der Waals surface area contributed by atoms with Crippen LogP contribution in [0.2, 0.25) is 19.1 Å². The molecule has 0 unspecified atom stereocenters.